The molecule has 128 valence electrons. The van der Waals surface area contributed by atoms with E-state index >= 15 is 0 Å². The van der Waals surface area contributed by atoms with Gasteiger partial charge in [-0.1, -0.05) is 35.3 Å². The fraction of sp³-hybridized carbons (Fsp3) is 0. The van der Waals surface area contributed by atoms with E-state index in [1.807, 2.05) is 0 Å². The first-order valence-corrected chi connectivity index (χ1v) is 9.17. The summed E-state index contributed by atoms with van der Waals surface area (Å²) < 4.78 is 25.4. The Morgan fingerprint density at radius 1 is 0.920 bits per heavy atom. The molecule has 6 nitrogen and oxygen atoms in total. The van der Waals surface area contributed by atoms with Crippen LogP contribution < -0.4 is 0 Å². The van der Waals surface area contributed by atoms with Gasteiger partial charge in [-0.3, -0.25) is 10.1 Å². The second-order valence-corrected chi connectivity index (χ2v) is 7.91. The van der Waals surface area contributed by atoms with E-state index < -0.39 is 14.8 Å². The van der Waals surface area contributed by atoms with Crippen LogP contribution in [0.3, 0.4) is 0 Å². The van der Waals surface area contributed by atoms with Gasteiger partial charge in [0.15, 0.2) is 0 Å². The van der Waals surface area contributed by atoms with Crippen molar-refractivity contribution in [3.8, 4) is 11.3 Å². The first-order chi connectivity index (χ1) is 11.8. The van der Waals surface area contributed by atoms with E-state index in [-0.39, 0.29) is 21.3 Å². The molecule has 0 aliphatic rings. The van der Waals surface area contributed by atoms with Gasteiger partial charge in [-0.2, -0.15) is 0 Å². The predicted molar refractivity (Wildman–Crippen MR) is 94.8 cm³/mol. The number of nitrogens with one attached hydrogen (secondary N) is 1. The minimum absolute atomic E-state index is 0.0179. The van der Waals surface area contributed by atoms with E-state index in [1.165, 1.54) is 24.3 Å². The molecule has 0 saturated carbocycles. The molecule has 1 aromatic heterocycles. The summed E-state index contributed by atoms with van der Waals surface area (Å²) in [6, 6.07) is 12.8. The van der Waals surface area contributed by atoms with Crippen molar-refractivity contribution in [2.24, 2.45) is 0 Å². The van der Waals surface area contributed by atoms with Crippen LogP contribution in [0.4, 0.5) is 5.69 Å². The Balaban J connectivity index is 2.15. The first-order valence-electron chi connectivity index (χ1n) is 6.93. The Labute approximate surface area is 153 Å². The molecule has 3 rings (SSSR count). The topological polar surface area (TPSA) is 93.1 Å². The van der Waals surface area contributed by atoms with Crippen molar-refractivity contribution in [2.75, 3.05) is 0 Å². The van der Waals surface area contributed by atoms with E-state index in [4.69, 9.17) is 23.2 Å². The molecule has 0 saturated heterocycles. The molecule has 1 N–H and O–H groups in total. The summed E-state index contributed by atoms with van der Waals surface area (Å²) in [6.07, 6.45) is 0. The zero-order valence-electron chi connectivity index (χ0n) is 12.4. The summed E-state index contributed by atoms with van der Waals surface area (Å²) in [6.45, 7) is 0. The summed E-state index contributed by atoms with van der Waals surface area (Å²) >= 11 is 11.6. The lowest BCUT2D eigenvalue weighted by Crippen LogP contribution is -2.02. The predicted octanol–water partition coefficient (Wildman–Crippen LogP) is 4.73. The van der Waals surface area contributed by atoms with Crippen molar-refractivity contribution in [1.29, 1.82) is 0 Å². The highest BCUT2D eigenvalue weighted by molar-refractivity contribution is 7.91. The van der Waals surface area contributed by atoms with Crippen molar-refractivity contribution >= 4 is 38.7 Å². The molecular weight excluding hydrogens is 387 g/mol. The van der Waals surface area contributed by atoms with Crippen LogP contribution in [0, 0.1) is 10.1 Å². The monoisotopic (exact) mass is 396 g/mol. The lowest BCUT2D eigenvalue weighted by molar-refractivity contribution is -0.384. The van der Waals surface area contributed by atoms with Gasteiger partial charge in [0, 0.05) is 15.6 Å². The highest BCUT2D eigenvalue weighted by atomic mass is 35.5. The number of benzene rings is 2. The number of hydrogen-bond donors (Lipinski definition) is 1. The maximum absolute atomic E-state index is 12.7. The second kappa shape index (κ2) is 6.51. The highest BCUT2D eigenvalue weighted by Crippen LogP contribution is 2.34. The van der Waals surface area contributed by atoms with Gasteiger partial charge in [-0.05, 0) is 36.4 Å². The van der Waals surface area contributed by atoms with Crippen LogP contribution in [-0.4, -0.2) is 18.3 Å². The average molecular weight is 397 g/mol. The number of hydrogen-bond acceptors (Lipinski definition) is 4. The van der Waals surface area contributed by atoms with Crippen molar-refractivity contribution in [3.05, 3.63) is 74.8 Å². The SMILES string of the molecule is O=[N+]([O-])c1cc(S(=O)(=O)c2ccc(Cl)cc2)[nH]c1-c1ccc(Cl)cc1. The number of aromatic amines is 1. The van der Waals surface area contributed by atoms with Gasteiger partial charge in [-0.15, -0.1) is 0 Å². The van der Waals surface area contributed by atoms with Crippen LogP contribution in [-0.2, 0) is 9.84 Å². The average Bonchev–Trinajstić information content (AvgIpc) is 3.02. The number of nitrogens with zero attached hydrogens (tertiary/aromatic N) is 1. The Kier molecular flexibility index (Phi) is 4.55. The highest BCUT2D eigenvalue weighted by Gasteiger charge is 2.27. The van der Waals surface area contributed by atoms with Gasteiger partial charge in [0.2, 0.25) is 9.84 Å². The third-order valence-electron chi connectivity index (χ3n) is 3.52. The van der Waals surface area contributed by atoms with Crippen LogP contribution in [0.5, 0.6) is 0 Å². The molecule has 25 heavy (non-hydrogen) atoms. The molecule has 0 aliphatic heterocycles. The third kappa shape index (κ3) is 3.39. The summed E-state index contributed by atoms with van der Waals surface area (Å²) in [4.78, 5) is 13.3. The molecule has 0 radical (unpaired) electrons. The van der Waals surface area contributed by atoms with E-state index in [0.717, 1.165) is 6.07 Å². The smallest absolute Gasteiger partial charge is 0.296 e. The molecule has 3 aromatic rings. The Morgan fingerprint density at radius 3 is 1.96 bits per heavy atom. The maximum atomic E-state index is 12.7. The van der Waals surface area contributed by atoms with Gasteiger partial charge in [0.05, 0.1) is 15.9 Å². The van der Waals surface area contributed by atoms with Gasteiger partial charge >= 0.3 is 0 Å². The molecule has 0 bridgehead atoms. The molecule has 9 heteroatoms. The number of rotatable bonds is 4. The largest absolute Gasteiger partial charge is 0.340 e. The van der Waals surface area contributed by atoms with Crippen LogP contribution in [0.1, 0.15) is 0 Å². The molecule has 0 fully saturated rings. The summed E-state index contributed by atoms with van der Waals surface area (Å²) in [5, 5.41) is 11.9. The second-order valence-electron chi connectivity index (χ2n) is 5.12. The lowest BCUT2D eigenvalue weighted by Gasteiger charge is -2.02. The van der Waals surface area contributed by atoms with Crippen LogP contribution in [0.25, 0.3) is 11.3 Å². The summed E-state index contributed by atoms with van der Waals surface area (Å²) in [5.41, 5.74) is 0.206. The van der Waals surface area contributed by atoms with Gasteiger partial charge in [-0.25, -0.2) is 8.42 Å². The maximum Gasteiger partial charge on any atom is 0.296 e. The van der Waals surface area contributed by atoms with Gasteiger partial charge < -0.3 is 4.98 Å². The number of aromatic nitrogens is 1. The zero-order valence-corrected chi connectivity index (χ0v) is 14.8. The molecule has 1 heterocycles. The number of nitro groups is 1. The van der Waals surface area contributed by atoms with Crippen LogP contribution in [0.2, 0.25) is 10.0 Å². The summed E-state index contributed by atoms with van der Waals surface area (Å²) in [7, 11) is -3.95. The Bertz CT molecular complexity index is 1040. The third-order valence-corrected chi connectivity index (χ3v) is 5.71. The standard InChI is InChI=1S/C16H10Cl2N2O4S/c17-11-3-1-10(2-4-11)16-14(20(21)22)9-15(19-16)25(23,24)13-7-5-12(18)6-8-13/h1-9,19H. The Morgan fingerprint density at radius 2 is 1.44 bits per heavy atom. The molecule has 0 spiro atoms. The minimum Gasteiger partial charge on any atom is -0.340 e. The minimum atomic E-state index is -3.95. The first kappa shape index (κ1) is 17.5. The van der Waals surface area contributed by atoms with E-state index in [0.29, 0.717) is 15.6 Å². The van der Waals surface area contributed by atoms with E-state index in [2.05, 4.69) is 4.98 Å². The molecule has 0 unspecified atom stereocenters. The van der Waals surface area contributed by atoms with Gasteiger partial charge in [0.25, 0.3) is 5.69 Å². The molecule has 0 amide bonds. The Hall–Kier alpha value is -2.35. The van der Waals surface area contributed by atoms with E-state index in [9.17, 15) is 18.5 Å². The molecular formula is C16H10Cl2N2O4S. The molecule has 0 atom stereocenters. The lowest BCUT2D eigenvalue weighted by atomic mass is 10.1. The molecule has 0 aliphatic carbocycles. The normalized spacial score (nSPS) is 11.4. The fourth-order valence-corrected chi connectivity index (χ4v) is 3.79. The van der Waals surface area contributed by atoms with Crippen LogP contribution >= 0.6 is 23.2 Å². The van der Waals surface area contributed by atoms with Crippen molar-refractivity contribution in [1.82, 2.24) is 4.98 Å². The van der Waals surface area contributed by atoms with Crippen molar-refractivity contribution in [2.45, 2.75) is 9.92 Å². The fourth-order valence-electron chi connectivity index (χ4n) is 2.29. The van der Waals surface area contributed by atoms with Crippen LogP contribution in [0.15, 0.2) is 64.5 Å². The zero-order chi connectivity index (χ0) is 18.2. The summed E-state index contributed by atoms with van der Waals surface area (Å²) in [5.74, 6) is 0. The number of sulfone groups is 1. The molecule has 2 aromatic carbocycles. The number of halogens is 2. The number of H-pyrrole nitrogens is 1. The van der Waals surface area contributed by atoms with Gasteiger partial charge in [0.1, 0.15) is 10.7 Å². The van der Waals surface area contributed by atoms with E-state index in [1.54, 1.807) is 24.3 Å². The van der Waals surface area contributed by atoms with Crippen molar-refractivity contribution < 1.29 is 13.3 Å². The quantitative estimate of drug-likeness (QED) is 0.509. The van der Waals surface area contributed by atoms with Crippen molar-refractivity contribution in [3.63, 3.8) is 0 Å².